The summed E-state index contributed by atoms with van der Waals surface area (Å²) >= 11 is 0. The lowest BCUT2D eigenvalue weighted by Gasteiger charge is -2.07. The van der Waals surface area contributed by atoms with Crippen LogP contribution in [0.5, 0.6) is 0 Å². The fourth-order valence-electron chi connectivity index (χ4n) is 7.89. The highest BCUT2D eigenvalue weighted by molar-refractivity contribution is 6.03. The van der Waals surface area contributed by atoms with Gasteiger partial charge < -0.3 is 22.4 Å². The summed E-state index contributed by atoms with van der Waals surface area (Å²) in [5.74, 6) is 0. The first-order valence-corrected chi connectivity index (χ1v) is 19.2. The largest absolute Gasteiger partial charge is 1.00 e. The lowest BCUT2D eigenvalue weighted by Crippen LogP contribution is -3.00. The van der Waals surface area contributed by atoms with Crippen molar-refractivity contribution in [1.29, 1.82) is 0 Å². The Morgan fingerprint density at radius 1 is 0.431 bits per heavy atom. The van der Waals surface area contributed by atoms with Crippen LogP contribution < -0.4 is 17.0 Å². The second kappa shape index (κ2) is 15.7. The third kappa shape index (κ3) is 6.89. The zero-order valence-corrected chi connectivity index (χ0v) is 32.5. The quantitative estimate of drug-likeness (QED) is 0.166. The molecule has 10 rings (SSSR count). The van der Waals surface area contributed by atoms with Gasteiger partial charge in [-0.15, -0.1) is 0 Å². The van der Waals surface area contributed by atoms with Gasteiger partial charge in [0.25, 0.3) is 0 Å². The number of rotatable bonds is 6. The molecule has 0 atom stereocenters. The van der Waals surface area contributed by atoms with E-state index >= 15 is 0 Å². The molecule has 0 saturated heterocycles. The van der Waals surface area contributed by atoms with Crippen LogP contribution in [-0.2, 0) is 7.05 Å². The fourth-order valence-corrected chi connectivity index (χ4v) is 7.89. The number of aromatic amines is 2. The van der Waals surface area contributed by atoms with Gasteiger partial charge in [0.2, 0.25) is 0 Å². The number of fused-ring (bicyclic) bond motifs is 8. The number of nitrogens with one attached hydrogen (secondary N) is 2. The lowest BCUT2D eigenvalue weighted by atomic mass is 10.0. The molecule has 4 aromatic carbocycles. The van der Waals surface area contributed by atoms with E-state index in [-0.39, 0.29) is 12.4 Å². The molecular weight excluding hydrogens is 730 g/mol. The molecule has 6 heteroatoms. The molecule has 0 fully saturated rings. The van der Waals surface area contributed by atoms with E-state index in [1.54, 1.807) is 0 Å². The molecule has 8 bridgehead atoms. The minimum atomic E-state index is 0. The van der Waals surface area contributed by atoms with Gasteiger partial charge in [-0.2, -0.15) is 0 Å². The first-order chi connectivity index (χ1) is 28.2. The monoisotopic (exact) mass is 767 g/mol. The SMILES string of the molecule is C[n+]1ccc(/C=C/c2cc3[nH]c2c(-c2ccccc2)c2nc(c(-c4ccccc4)c4nc(c(-c5ccccc5)c5ccc([nH]5)c3-c3ccccc3)C=C4)C=C2)cc1.[Cl-]. The minimum Gasteiger partial charge on any atom is -1.00 e. The van der Waals surface area contributed by atoms with Crippen LogP contribution in [0.3, 0.4) is 0 Å². The number of hydrogen-bond donors (Lipinski definition) is 2. The predicted molar refractivity (Wildman–Crippen MR) is 237 cm³/mol. The number of nitrogens with zero attached hydrogens (tertiary/aromatic N) is 3. The Morgan fingerprint density at radius 3 is 1.40 bits per heavy atom. The van der Waals surface area contributed by atoms with Crippen molar-refractivity contribution in [3.8, 4) is 44.5 Å². The van der Waals surface area contributed by atoms with Crippen molar-refractivity contribution in [2.24, 2.45) is 7.05 Å². The molecule has 278 valence electrons. The first kappa shape index (κ1) is 36.3. The number of H-pyrrole nitrogens is 2. The third-order valence-electron chi connectivity index (χ3n) is 10.6. The summed E-state index contributed by atoms with van der Waals surface area (Å²) < 4.78 is 2.05. The molecule has 8 aromatic rings. The van der Waals surface area contributed by atoms with Crippen LogP contribution in [0, 0.1) is 0 Å². The summed E-state index contributed by atoms with van der Waals surface area (Å²) in [5.41, 5.74) is 18.0. The maximum absolute atomic E-state index is 5.48. The van der Waals surface area contributed by atoms with Crippen molar-refractivity contribution in [2.45, 2.75) is 0 Å². The second-order valence-electron chi connectivity index (χ2n) is 14.3. The Hall–Kier alpha value is -7.34. The van der Waals surface area contributed by atoms with E-state index in [1.807, 2.05) is 17.7 Å². The molecule has 0 saturated carbocycles. The second-order valence-corrected chi connectivity index (χ2v) is 14.3. The lowest BCUT2D eigenvalue weighted by molar-refractivity contribution is -0.671. The Bertz CT molecular complexity index is 3030. The van der Waals surface area contributed by atoms with E-state index in [9.17, 15) is 0 Å². The zero-order valence-electron chi connectivity index (χ0n) is 31.8. The van der Waals surface area contributed by atoms with Gasteiger partial charge in [0.15, 0.2) is 12.4 Å². The first-order valence-electron chi connectivity index (χ1n) is 19.2. The van der Waals surface area contributed by atoms with Crippen LogP contribution in [-0.4, -0.2) is 19.9 Å². The summed E-state index contributed by atoms with van der Waals surface area (Å²) in [6.45, 7) is 0. The van der Waals surface area contributed by atoms with Crippen molar-refractivity contribution >= 4 is 58.5 Å². The van der Waals surface area contributed by atoms with Crippen LogP contribution in [0.15, 0.2) is 164 Å². The van der Waals surface area contributed by atoms with E-state index in [1.165, 1.54) is 0 Å². The van der Waals surface area contributed by atoms with Crippen LogP contribution in [0.2, 0.25) is 0 Å². The number of aromatic nitrogens is 5. The number of benzene rings is 4. The van der Waals surface area contributed by atoms with E-state index in [2.05, 4.69) is 204 Å². The summed E-state index contributed by atoms with van der Waals surface area (Å²) in [5, 5.41) is 0. The Morgan fingerprint density at radius 2 is 0.862 bits per heavy atom. The number of hydrogen-bond acceptors (Lipinski definition) is 2. The maximum Gasteiger partial charge on any atom is 0.169 e. The van der Waals surface area contributed by atoms with E-state index in [0.29, 0.717) is 0 Å². The number of aryl methyl sites for hydroxylation is 1. The summed E-state index contributed by atoms with van der Waals surface area (Å²) in [7, 11) is 2.04. The average molecular weight is 768 g/mol. The van der Waals surface area contributed by atoms with Gasteiger partial charge in [-0.3, -0.25) is 0 Å². The number of halogens is 1. The number of pyridine rings is 1. The molecule has 0 amide bonds. The highest BCUT2D eigenvalue weighted by atomic mass is 35.5. The van der Waals surface area contributed by atoms with E-state index in [0.717, 1.165) is 100 Å². The molecule has 0 unspecified atom stereocenters. The fraction of sp³-hybridized carbons (Fsp3) is 0.0192. The molecule has 6 heterocycles. The van der Waals surface area contributed by atoms with Crippen molar-refractivity contribution in [3.05, 3.63) is 198 Å². The van der Waals surface area contributed by atoms with E-state index in [4.69, 9.17) is 9.97 Å². The molecule has 0 aliphatic carbocycles. The summed E-state index contributed by atoms with van der Waals surface area (Å²) in [6.07, 6.45) is 17.1. The van der Waals surface area contributed by atoms with Gasteiger partial charge in [-0.25, -0.2) is 14.5 Å². The van der Waals surface area contributed by atoms with Gasteiger partial charge in [0, 0.05) is 56.5 Å². The molecule has 0 spiro atoms. The summed E-state index contributed by atoms with van der Waals surface area (Å²) in [6, 6.07) is 53.1. The molecule has 2 aliphatic heterocycles. The predicted octanol–water partition coefficient (Wildman–Crippen LogP) is 9.32. The molecule has 0 radical (unpaired) electrons. The molecule has 58 heavy (non-hydrogen) atoms. The van der Waals surface area contributed by atoms with Gasteiger partial charge >= 0.3 is 0 Å². The molecule has 2 N–H and O–H groups in total. The van der Waals surface area contributed by atoms with Crippen molar-refractivity contribution in [1.82, 2.24) is 19.9 Å². The van der Waals surface area contributed by atoms with Gasteiger partial charge in [0.05, 0.1) is 28.3 Å². The smallest absolute Gasteiger partial charge is 0.169 e. The summed E-state index contributed by atoms with van der Waals surface area (Å²) in [4.78, 5) is 18.7. The Labute approximate surface area is 343 Å². The topological polar surface area (TPSA) is 61.2 Å². The highest BCUT2D eigenvalue weighted by Gasteiger charge is 2.20. The van der Waals surface area contributed by atoms with Gasteiger partial charge in [-0.1, -0.05) is 133 Å². The third-order valence-corrected chi connectivity index (χ3v) is 10.6. The van der Waals surface area contributed by atoms with Crippen molar-refractivity contribution < 1.29 is 17.0 Å². The van der Waals surface area contributed by atoms with Crippen molar-refractivity contribution in [2.75, 3.05) is 0 Å². The molecular formula is C52H38ClN5. The molecule has 2 aliphatic rings. The standard InChI is InChI=1S/C52H37N5.ClH/c1-57-32-30-35(31-33-57)22-23-40-34-47-50(38-18-10-4-11-19-38)45-27-26-43(54-45)48(36-14-6-2-7-15-36)41-24-25-42(53-41)49(37-16-8-3-9-17-37)44-28-29-46(55-44)51(52(40)56-47)39-20-12-5-13-21-39;/h2-34H,1H3,(H,53,54,55,56);1H. The zero-order chi connectivity index (χ0) is 38.1. The molecule has 4 aromatic heterocycles. The van der Waals surface area contributed by atoms with Crippen molar-refractivity contribution in [3.63, 3.8) is 0 Å². The van der Waals surface area contributed by atoms with Gasteiger partial charge in [0.1, 0.15) is 7.05 Å². The van der Waals surface area contributed by atoms with Crippen LogP contribution in [0.25, 0.3) is 103 Å². The van der Waals surface area contributed by atoms with Crippen LogP contribution in [0.1, 0.15) is 33.9 Å². The Kier molecular flexibility index (Phi) is 9.80. The highest BCUT2D eigenvalue weighted by Crippen LogP contribution is 2.39. The van der Waals surface area contributed by atoms with Crippen LogP contribution >= 0.6 is 0 Å². The Balaban J connectivity index is 0.00000436. The minimum absolute atomic E-state index is 0. The normalized spacial score (nSPS) is 11.9. The maximum atomic E-state index is 5.48. The van der Waals surface area contributed by atoms with Gasteiger partial charge in [-0.05, 0) is 70.3 Å². The average Bonchev–Trinajstić information content (AvgIpc) is 4.10. The van der Waals surface area contributed by atoms with E-state index < -0.39 is 0 Å². The van der Waals surface area contributed by atoms with Crippen LogP contribution in [0.4, 0.5) is 0 Å². The molecule has 5 nitrogen and oxygen atoms in total.